The molecule has 0 spiro atoms. The van der Waals surface area contributed by atoms with E-state index in [9.17, 15) is 9.59 Å². The van der Waals surface area contributed by atoms with Gasteiger partial charge in [0.2, 0.25) is 5.91 Å². The highest BCUT2D eigenvalue weighted by atomic mass is 16.2. The van der Waals surface area contributed by atoms with E-state index < -0.39 is 0 Å². The van der Waals surface area contributed by atoms with Gasteiger partial charge in [0.25, 0.3) is 5.91 Å². The lowest BCUT2D eigenvalue weighted by Gasteiger charge is -2.29. The molecule has 1 atom stereocenters. The Labute approximate surface area is 145 Å². The van der Waals surface area contributed by atoms with Crippen molar-refractivity contribution in [2.75, 3.05) is 13.1 Å². The van der Waals surface area contributed by atoms with Crippen molar-refractivity contribution < 1.29 is 9.59 Å². The number of nitrogens with zero attached hydrogens (tertiary/aromatic N) is 1. The van der Waals surface area contributed by atoms with E-state index in [0.29, 0.717) is 18.7 Å². The second kappa shape index (κ2) is 6.43. The summed E-state index contributed by atoms with van der Waals surface area (Å²) in [6.45, 7) is 0.954. The first kappa shape index (κ1) is 15.4. The first-order valence-corrected chi connectivity index (χ1v) is 8.43. The van der Waals surface area contributed by atoms with Gasteiger partial charge in [-0.15, -0.1) is 0 Å². The minimum absolute atomic E-state index is 0.0257. The summed E-state index contributed by atoms with van der Waals surface area (Å²) in [4.78, 5) is 30.4. The van der Waals surface area contributed by atoms with E-state index >= 15 is 0 Å². The molecule has 1 aliphatic heterocycles. The molecule has 0 bridgehead atoms. The Balaban J connectivity index is 1.76. The maximum Gasteiger partial charge on any atom is 0.256 e. The second-order valence-electron chi connectivity index (χ2n) is 6.23. The van der Waals surface area contributed by atoms with Crippen LogP contribution in [-0.2, 0) is 4.79 Å². The van der Waals surface area contributed by atoms with Crippen molar-refractivity contribution in [3.63, 3.8) is 0 Å². The van der Waals surface area contributed by atoms with Gasteiger partial charge in [-0.2, -0.15) is 0 Å². The van der Waals surface area contributed by atoms with E-state index in [-0.39, 0.29) is 24.3 Å². The predicted molar refractivity (Wildman–Crippen MR) is 96.1 cm³/mol. The summed E-state index contributed by atoms with van der Waals surface area (Å²) in [6, 6.07) is 17.1. The van der Waals surface area contributed by atoms with E-state index in [4.69, 9.17) is 0 Å². The molecule has 0 radical (unpaired) electrons. The van der Waals surface area contributed by atoms with Crippen LogP contribution in [0.1, 0.15) is 28.4 Å². The third-order valence-corrected chi connectivity index (χ3v) is 4.69. The van der Waals surface area contributed by atoms with Crippen LogP contribution < -0.4 is 5.32 Å². The molecule has 25 heavy (non-hydrogen) atoms. The Kier molecular flexibility index (Phi) is 3.98. The van der Waals surface area contributed by atoms with Gasteiger partial charge in [-0.25, -0.2) is 0 Å². The molecule has 2 heterocycles. The third kappa shape index (κ3) is 2.89. The van der Waals surface area contributed by atoms with Crippen LogP contribution in [0, 0.1) is 0 Å². The van der Waals surface area contributed by atoms with Crippen molar-refractivity contribution in [3.8, 4) is 0 Å². The van der Waals surface area contributed by atoms with Gasteiger partial charge >= 0.3 is 0 Å². The molecule has 3 aromatic rings. The molecule has 1 unspecified atom stereocenters. The fraction of sp³-hybridized carbons (Fsp3) is 0.200. The van der Waals surface area contributed by atoms with Crippen molar-refractivity contribution in [3.05, 3.63) is 71.9 Å². The molecule has 1 aromatic heterocycles. The summed E-state index contributed by atoms with van der Waals surface area (Å²) in [5, 5.41) is 3.88. The molecule has 2 N–H and O–H groups in total. The minimum atomic E-state index is -0.263. The van der Waals surface area contributed by atoms with Crippen molar-refractivity contribution >= 4 is 22.7 Å². The number of carbonyl (C=O) groups is 2. The van der Waals surface area contributed by atoms with Crippen LogP contribution in [-0.4, -0.2) is 34.8 Å². The van der Waals surface area contributed by atoms with E-state index in [1.165, 1.54) is 0 Å². The molecular weight excluding hydrogens is 314 g/mol. The number of hydrogen-bond acceptors (Lipinski definition) is 2. The SMILES string of the molecule is O=C1CC(c2ccccc2)N(C(=O)c2cccc3cc[nH]c23)CCN1. The van der Waals surface area contributed by atoms with Crippen molar-refractivity contribution in [2.45, 2.75) is 12.5 Å². The third-order valence-electron chi connectivity index (χ3n) is 4.69. The van der Waals surface area contributed by atoms with E-state index in [1.54, 1.807) is 0 Å². The molecule has 0 saturated carbocycles. The van der Waals surface area contributed by atoms with E-state index in [1.807, 2.05) is 65.7 Å². The highest BCUT2D eigenvalue weighted by molar-refractivity contribution is 6.06. The van der Waals surface area contributed by atoms with Gasteiger partial charge in [0.15, 0.2) is 0 Å². The molecule has 4 rings (SSSR count). The minimum Gasteiger partial charge on any atom is -0.361 e. The summed E-state index contributed by atoms with van der Waals surface area (Å²) >= 11 is 0. The predicted octanol–water partition coefficient (Wildman–Crippen LogP) is 2.87. The molecule has 1 aliphatic rings. The van der Waals surface area contributed by atoms with Gasteiger partial charge in [0.1, 0.15) is 0 Å². The number of para-hydroxylation sites is 1. The first-order chi connectivity index (χ1) is 12.2. The molecular formula is C20H19N3O2. The molecule has 1 saturated heterocycles. The Bertz CT molecular complexity index is 917. The van der Waals surface area contributed by atoms with Gasteiger partial charge < -0.3 is 15.2 Å². The standard InChI is InChI=1S/C20H19N3O2/c24-18-13-17(14-5-2-1-3-6-14)23(12-11-21-18)20(25)16-8-4-7-15-9-10-22-19(15)16/h1-10,17,22H,11-13H2,(H,21,24). The smallest absolute Gasteiger partial charge is 0.256 e. The van der Waals surface area contributed by atoms with Gasteiger partial charge in [-0.1, -0.05) is 42.5 Å². The van der Waals surface area contributed by atoms with Crippen LogP contribution in [0.2, 0.25) is 0 Å². The van der Waals surface area contributed by atoms with Crippen LogP contribution in [0.4, 0.5) is 0 Å². The fourth-order valence-electron chi connectivity index (χ4n) is 3.46. The Morgan fingerprint density at radius 3 is 2.72 bits per heavy atom. The van der Waals surface area contributed by atoms with Crippen LogP contribution in [0.15, 0.2) is 60.8 Å². The zero-order chi connectivity index (χ0) is 17.2. The Hall–Kier alpha value is -3.08. The summed E-state index contributed by atoms with van der Waals surface area (Å²) < 4.78 is 0. The molecule has 5 nitrogen and oxygen atoms in total. The number of carbonyl (C=O) groups excluding carboxylic acids is 2. The number of nitrogens with one attached hydrogen (secondary N) is 2. The first-order valence-electron chi connectivity index (χ1n) is 8.43. The normalized spacial score (nSPS) is 18.0. The lowest BCUT2D eigenvalue weighted by Crippen LogP contribution is -2.36. The quantitative estimate of drug-likeness (QED) is 0.757. The van der Waals surface area contributed by atoms with Crippen molar-refractivity contribution in [1.29, 1.82) is 0 Å². The largest absolute Gasteiger partial charge is 0.361 e. The van der Waals surface area contributed by atoms with Crippen LogP contribution in [0.5, 0.6) is 0 Å². The van der Waals surface area contributed by atoms with Crippen molar-refractivity contribution in [2.24, 2.45) is 0 Å². The average molecular weight is 333 g/mol. The highest BCUT2D eigenvalue weighted by Gasteiger charge is 2.31. The van der Waals surface area contributed by atoms with Gasteiger partial charge in [-0.3, -0.25) is 9.59 Å². The molecule has 126 valence electrons. The molecule has 1 fully saturated rings. The molecule has 0 aliphatic carbocycles. The van der Waals surface area contributed by atoms with E-state index in [0.717, 1.165) is 16.5 Å². The molecule has 2 amide bonds. The summed E-state index contributed by atoms with van der Waals surface area (Å²) in [7, 11) is 0. The number of aromatic nitrogens is 1. The number of benzene rings is 2. The van der Waals surface area contributed by atoms with Gasteiger partial charge in [0.05, 0.1) is 23.5 Å². The number of fused-ring (bicyclic) bond motifs is 1. The van der Waals surface area contributed by atoms with Crippen molar-refractivity contribution in [1.82, 2.24) is 15.2 Å². The summed E-state index contributed by atoms with van der Waals surface area (Å²) in [5.74, 6) is -0.0827. The summed E-state index contributed by atoms with van der Waals surface area (Å²) in [6.07, 6.45) is 2.11. The van der Waals surface area contributed by atoms with Crippen LogP contribution >= 0.6 is 0 Å². The molecule has 5 heteroatoms. The number of amides is 2. The zero-order valence-electron chi connectivity index (χ0n) is 13.7. The topological polar surface area (TPSA) is 65.2 Å². The lowest BCUT2D eigenvalue weighted by atomic mass is 10.0. The van der Waals surface area contributed by atoms with Gasteiger partial charge in [-0.05, 0) is 17.7 Å². The second-order valence-corrected chi connectivity index (χ2v) is 6.23. The number of hydrogen-bond donors (Lipinski definition) is 2. The fourth-order valence-corrected chi connectivity index (χ4v) is 3.46. The van der Waals surface area contributed by atoms with E-state index in [2.05, 4.69) is 10.3 Å². The number of H-pyrrole nitrogens is 1. The summed E-state index contributed by atoms with van der Waals surface area (Å²) in [5.41, 5.74) is 2.45. The average Bonchev–Trinajstić information content (AvgIpc) is 3.04. The zero-order valence-corrected chi connectivity index (χ0v) is 13.7. The monoisotopic (exact) mass is 333 g/mol. The number of aromatic amines is 1. The number of rotatable bonds is 2. The van der Waals surface area contributed by atoms with Crippen LogP contribution in [0.25, 0.3) is 10.9 Å². The Morgan fingerprint density at radius 2 is 1.88 bits per heavy atom. The van der Waals surface area contributed by atoms with Gasteiger partial charge in [0, 0.05) is 24.7 Å². The maximum atomic E-state index is 13.3. The highest BCUT2D eigenvalue weighted by Crippen LogP contribution is 2.29. The Morgan fingerprint density at radius 1 is 1.04 bits per heavy atom. The molecule has 2 aromatic carbocycles. The lowest BCUT2D eigenvalue weighted by molar-refractivity contribution is -0.121. The van der Waals surface area contributed by atoms with Crippen LogP contribution in [0.3, 0.4) is 0 Å². The maximum absolute atomic E-state index is 13.3.